The number of esters is 2. The molecule has 2 saturated heterocycles. The van der Waals surface area contributed by atoms with Gasteiger partial charge in [-0.1, -0.05) is 32.1 Å². The van der Waals surface area contributed by atoms with Crippen molar-refractivity contribution in [2.45, 2.75) is 96.2 Å². The lowest BCUT2D eigenvalue weighted by molar-refractivity contribution is -0.193. The SMILES string of the molecule is C=C1CC2OC(C3C(C(C)COC(=O)CCS(C)=O)CC=C(C)C23)C(C)(O)C(OC(=O)CCC)CC1O. The standard InChI is InChI=1S/C28H44O8S/c1-7-8-24(31)36-22-14-20(29)17(3)13-21-25-16(2)9-10-19(26(25)27(35-21)28(22,5)32)18(4)15-34-23(30)11-12-37(6)33/h9,18-22,25-27,29,32H,3,7-8,10-15H2,1-2,4-6H3. The summed E-state index contributed by atoms with van der Waals surface area (Å²) in [6, 6.07) is 0. The quantitative estimate of drug-likeness (QED) is 0.338. The minimum Gasteiger partial charge on any atom is -0.465 e. The molecule has 3 rings (SSSR count). The molecule has 3 aliphatic rings. The summed E-state index contributed by atoms with van der Waals surface area (Å²) < 4.78 is 29.2. The first kappa shape index (κ1) is 30.0. The Balaban J connectivity index is 1.89. The number of carbonyl (C=O) groups is 2. The third kappa shape index (κ3) is 6.91. The summed E-state index contributed by atoms with van der Waals surface area (Å²) in [6.45, 7) is 11.9. The second-order valence-corrected chi connectivity index (χ2v) is 12.9. The highest BCUT2D eigenvalue weighted by atomic mass is 32.2. The van der Waals surface area contributed by atoms with Crippen LogP contribution in [0, 0.1) is 23.7 Å². The van der Waals surface area contributed by atoms with Crippen molar-refractivity contribution in [1.82, 2.24) is 0 Å². The van der Waals surface area contributed by atoms with Crippen LogP contribution in [-0.4, -0.2) is 75.0 Å². The zero-order chi connectivity index (χ0) is 27.5. The molecule has 10 unspecified atom stereocenters. The smallest absolute Gasteiger partial charge is 0.306 e. The van der Waals surface area contributed by atoms with Gasteiger partial charge in [-0.3, -0.25) is 13.8 Å². The van der Waals surface area contributed by atoms with E-state index < -0.39 is 40.7 Å². The number of hydrogen-bond donors (Lipinski definition) is 2. The lowest BCUT2D eigenvalue weighted by Gasteiger charge is -2.45. The minimum atomic E-state index is -1.55. The Hall–Kier alpha value is -1.55. The molecule has 10 atom stereocenters. The van der Waals surface area contributed by atoms with Crippen molar-refractivity contribution in [1.29, 1.82) is 0 Å². The number of rotatable bonds is 9. The van der Waals surface area contributed by atoms with Gasteiger partial charge >= 0.3 is 11.9 Å². The summed E-state index contributed by atoms with van der Waals surface area (Å²) in [7, 11) is -1.06. The number of fused-ring (bicyclic) bond motifs is 5. The van der Waals surface area contributed by atoms with Gasteiger partial charge in [-0.15, -0.1) is 0 Å². The number of aliphatic hydroxyl groups excluding tert-OH is 1. The van der Waals surface area contributed by atoms with E-state index in [0.717, 1.165) is 6.42 Å². The van der Waals surface area contributed by atoms with Gasteiger partial charge in [0.15, 0.2) is 0 Å². The minimum absolute atomic E-state index is 0.00932. The Kier molecular flexibility index (Phi) is 10.2. The van der Waals surface area contributed by atoms with Crippen LogP contribution < -0.4 is 0 Å². The maximum absolute atomic E-state index is 12.5. The molecular weight excluding hydrogens is 496 g/mol. The molecule has 0 aromatic heterocycles. The van der Waals surface area contributed by atoms with Gasteiger partial charge in [-0.2, -0.15) is 0 Å². The van der Waals surface area contributed by atoms with Crippen molar-refractivity contribution in [3.05, 3.63) is 23.8 Å². The molecule has 0 aromatic carbocycles. The first-order valence-electron chi connectivity index (χ1n) is 13.4. The predicted molar refractivity (Wildman–Crippen MR) is 141 cm³/mol. The third-order valence-electron chi connectivity index (χ3n) is 8.38. The van der Waals surface area contributed by atoms with Gasteiger partial charge in [0, 0.05) is 47.5 Å². The van der Waals surface area contributed by atoms with Crippen LogP contribution in [-0.2, 0) is 34.6 Å². The molecule has 0 aromatic rings. The molecule has 37 heavy (non-hydrogen) atoms. The Morgan fingerprint density at radius 3 is 2.68 bits per heavy atom. The van der Waals surface area contributed by atoms with E-state index >= 15 is 0 Å². The van der Waals surface area contributed by atoms with Crippen LogP contribution in [0.5, 0.6) is 0 Å². The van der Waals surface area contributed by atoms with E-state index in [9.17, 15) is 24.0 Å². The summed E-state index contributed by atoms with van der Waals surface area (Å²) in [6.07, 6.45) is 3.15. The highest BCUT2D eigenvalue weighted by molar-refractivity contribution is 7.84. The Morgan fingerprint density at radius 1 is 1.32 bits per heavy atom. The van der Waals surface area contributed by atoms with Crippen LogP contribution in [0.2, 0.25) is 0 Å². The number of hydrogen-bond acceptors (Lipinski definition) is 8. The molecule has 2 bridgehead atoms. The largest absolute Gasteiger partial charge is 0.465 e. The first-order chi connectivity index (χ1) is 17.4. The molecule has 8 nitrogen and oxygen atoms in total. The van der Waals surface area contributed by atoms with Gasteiger partial charge in [0.2, 0.25) is 0 Å². The molecule has 210 valence electrons. The molecule has 2 fully saturated rings. The van der Waals surface area contributed by atoms with Crippen molar-refractivity contribution >= 4 is 22.7 Å². The zero-order valence-electron chi connectivity index (χ0n) is 22.8. The number of allylic oxidation sites excluding steroid dienone is 1. The molecule has 2 heterocycles. The van der Waals surface area contributed by atoms with E-state index in [1.54, 1.807) is 13.2 Å². The van der Waals surface area contributed by atoms with Gasteiger partial charge in [-0.05, 0) is 50.5 Å². The fourth-order valence-corrected chi connectivity index (χ4v) is 6.69. The average Bonchev–Trinajstić information content (AvgIpc) is 3.22. The van der Waals surface area contributed by atoms with Crippen molar-refractivity contribution in [2.75, 3.05) is 18.6 Å². The monoisotopic (exact) mass is 540 g/mol. The molecule has 2 N–H and O–H groups in total. The fourth-order valence-electron chi connectivity index (χ4n) is 6.24. The normalized spacial score (nSPS) is 37.3. The van der Waals surface area contributed by atoms with Crippen molar-refractivity contribution in [3.8, 4) is 0 Å². The molecule has 0 amide bonds. The Labute approximate surface area is 223 Å². The van der Waals surface area contributed by atoms with Gasteiger partial charge in [0.25, 0.3) is 0 Å². The van der Waals surface area contributed by atoms with E-state index in [1.165, 1.54) is 5.57 Å². The van der Waals surface area contributed by atoms with Crippen molar-refractivity contribution in [2.24, 2.45) is 23.7 Å². The zero-order valence-corrected chi connectivity index (χ0v) is 23.6. The van der Waals surface area contributed by atoms with Gasteiger partial charge < -0.3 is 24.4 Å². The molecule has 1 aliphatic carbocycles. The predicted octanol–water partition coefficient (Wildman–Crippen LogP) is 3.07. The van der Waals surface area contributed by atoms with Crippen molar-refractivity contribution < 1.29 is 38.2 Å². The van der Waals surface area contributed by atoms with E-state index in [2.05, 4.69) is 19.6 Å². The second kappa shape index (κ2) is 12.5. The maximum atomic E-state index is 12.5. The topological polar surface area (TPSA) is 119 Å². The first-order valence-corrected chi connectivity index (χ1v) is 15.1. The molecule has 0 saturated carbocycles. The van der Waals surface area contributed by atoms with E-state index in [0.29, 0.717) is 18.4 Å². The molecule has 2 aliphatic heterocycles. The molecular formula is C28H44O8S. The summed E-state index contributed by atoms with van der Waals surface area (Å²) in [5.41, 5.74) is 0.217. The van der Waals surface area contributed by atoms with Crippen LogP contribution in [0.3, 0.4) is 0 Å². The average molecular weight is 541 g/mol. The highest BCUT2D eigenvalue weighted by Crippen LogP contribution is 2.54. The fraction of sp³-hybridized carbons (Fsp3) is 0.786. The summed E-state index contributed by atoms with van der Waals surface area (Å²) in [4.78, 5) is 24.7. The van der Waals surface area contributed by atoms with Gasteiger partial charge in [0.05, 0.1) is 31.3 Å². The number of aliphatic hydroxyl groups is 2. The van der Waals surface area contributed by atoms with Crippen LogP contribution in [0.4, 0.5) is 0 Å². The molecule has 9 heteroatoms. The Bertz CT molecular complexity index is 912. The number of carbonyl (C=O) groups excluding carboxylic acids is 2. The lowest BCUT2D eigenvalue weighted by atomic mass is 9.62. The van der Waals surface area contributed by atoms with Gasteiger partial charge in [0.1, 0.15) is 11.7 Å². The summed E-state index contributed by atoms with van der Waals surface area (Å²) >= 11 is 0. The molecule has 0 spiro atoms. The van der Waals surface area contributed by atoms with Crippen molar-refractivity contribution in [3.63, 3.8) is 0 Å². The van der Waals surface area contributed by atoms with Crippen LogP contribution in [0.25, 0.3) is 0 Å². The summed E-state index contributed by atoms with van der Waals surface area (Å²) in [5, 5.41) is 22.8. The van der Waals surface area contributed by atoms with Crippen LogP contribution >= 0.6 is 0 Å². The number of ether oxygens (including phenoxy) is 3. The lowest BCUT2D eigenvalue weighted by Crippen LogP contribution is -2.56. The molecule has 0 radical (unpaired) electrons. The third-order valence-corrected chi connectivity index (χ3v) is 9.16. The van der Waals surface area contributed by atoms with Gasteiger partial charge in [-0.25, -0.2) is 0 Å². The van der Waals surface area contributed by atoms with E-state index in [-0.39, 0.29) is 67.4 Å². The maximum Gasteiger partial charge on any atom is 0.306 e. The summed E-state index contributed by atoms with van der Waals surface area (Å²) in [5.74, 6) is -0.591. The second-order valence-electron chi connectivity index (χ2n) is 11.3. The highest BCUT2D eigenvalue weighted by Gasteiger charge is 2.59. The Morgan fingerprint density at radius 2 is 2.03 bits per heavy atom. The van der Waals surface area contributed by atoms with Crippen LogP contribution in [0.15, 0.2) is 23.8 Å². The van der Waals surface area contributed by atoms with E-state index in [1.807, 2.05) is 13.8 Å². The van der Waals surface area contributed by atoms with E-state index in [4.69, 9.17) is 14.2 Å². The van der Waals surface area contributed by atoms with Crippen LogP contribution in [0.1, 0.15) is 66.2 Å².